The van der Waals surface area contributed by atoms with Crippen molar-refractivity contribution in [3.05, 3.63) is 30.3 Å². The molecular weight excluding hydrogens is 192 g/mol. The summed E-state index contributed by atoms with van der Waals surface area (Å²) in [6.07, 6.45) is 0. The molecule has 74 valence electrons. The zero-order valence-corrected chi connectivity index (χ0v) is 9.13. The van der Waals surface area contributed by atoms with E-state index in [4.69, 9.17) is 5.26 Å². The number of rotatable bonds is 5. The molecule has 0 spiro atoms. The van der Waals surface area contributed by atoms with Crippen LogP contribution < -0.4 is 4.90 Å². The number of thiocyanates is 1. The molecule has 1 rings (SSSR count). The summed E-state index contributed by atoms with van der Waals surface area (Å²) >= 11 is 1.31. The van der Waals surface area contributed by atoms with Crippen molar-refractivity contribution < 1.29 is 0 Å². The Balaban J connectivity index is 2.51. The van der Waals surface area contributed by atoms with Gasteiger partial charge in [-0.05, 0) is 30.8 Å². The second-order valence-corrected chi connectivity index (χ2v) is 3.73. The molecule has 0 atom stereocenters. The van der Waals surface area contributed by atoms with E-state index >= 15 is 0 Å². The minimum absolute atomic E-state index is 0.860. The third kappa shape index (κ3) is 3.31. The Morgan fingerprint density at radius 2 is 2.07 bits per heavy atom. The van der Waals surface area contributed by atoms with E-state index in [-0.39, 0.29) is 0 Å². The lowest BCUT2D eigenvalue weighted by atomic mass is 10.3. The molecule has 0 fully saturated rings. The van der Waals surface area contributed by atoms with Crippen molar-refractivity contribution in [2.75, 3.05) is 23.7 Å². The average Bonchev–Trinajstić information content (AvgIpc) is 2.26. The van der Waals surface area contributed by atoms with E-state index in [9.17, 15) is 0 Å². The molecule has 0 radical (unpaired) electrons. The van der Waals surface area contributed by atoms with Crippen molar-refractivity contribution >= 4 is 17.4 Å². The van der Waals surface area contributed by atoms with Gasteiger partial charge in [-0.2, -0.15) is 5.26 Å². The van der Waals surface area contributed by atoms with Crippen molar-refractivity contribution in [2.24, 2.45) is 0 Å². The predicted molar refractivity (Wildman–Crippen MR) is 62.4 cm³/mol. The lowest BCUT2D eigenvalue weighted by Gasteiger charge is -2.22. The number of para-hydroxylation sites is 1. The van der Waals surface area contributed by atoms with Gasteiger partial charge in [0.1, 0.15) is 5.40 Å². The van der Waals surface area contributed by atoms with Crippen LogP contribution in [0.1, 0.15) is 6.92 Å². The topological polar surface area (TPSA) is 27.0 Å². The Bertz CT molecular complexity index is 292. The molecular formula is C11H14N2S. The fourth-order valence-electron chi connectivity index (χ4n) is 1.31. The van der Waals surface area contributed by atoms with Crippen LogP contribution in [-0.2, 0) is 0 Å². The van der Waals surface area contributed by atoms with E-state index in [0.717, 1.165) is 18.8 Å². The predicted octanol–water partition coefficient (Wildman–Crippen LogP) is 2.73. The molecule has 2 nitrogen and oxygen atoms in total. The Hall–Kier alpha value is -1.14. The van der Waals surface area contributed by atoms with Crippen LogP contribution in [0, 0.1) is 10.7 Å². The summed E-state index contributed by atoms with van der Waals surface area (Å²) in [7, 11) is 0. The normalized spacial score (nSPS) is 9.43. The first-order chi connectivity index (χ1) is 6.88. The Morgan fingerprint density at radius 1 is 1.36 bits per heavy atom. The summed E-state index contributed by atoms with van der Waals surface area (Å²) in [5, 5.41) is 10.5. The van der Waals surface area contributed by atoms with Gasteiger partial charge in [-0.1, -0.05) is 18.2 Å². The number of anilines is 1. The zero-order chi connectivity index (χ0) is 10.2. The molecule has 0 bridgehead atoms. The highest BCUT2D eigenvalue weighted by atomic mass is 32.2. The molecule has 0 saturated heterocycles. The van der Waals surface area contributed by atoms with Crippen molar-refractivity contribution in [1.82, 2.24) is 0 Å². The van der Waals surface area contributed by atoms with Gasteiger partial charge in [0.15, 0.2) is 0 Å². The first-order valence-corrected chi connectivity index (χ1v) is 5.68. The standard InChI is InChI=1S/C11H14N2S/c1-2-13(8-9-14-10-12)11-6-4-3-5-7-11/h3-7H,2,8-9H2,1H3. The summed E-state index contributed by atoms with van der Waals surface area (Å²) in [5.41, 5.74) is 1.23. The molecule has 0 aliphatic heterocycles. The van der Waals surface area contributed by atoms with Crippen LogP contribution in [0.25, 0.3) is 0 Å². The largest absolute Gasteiger partial charge is 0.371 e. The lowest BCUT2D eigenvalue weighted by Crippen LogP contribution is -2.25. The lowest BCUT2D eigenvalue weighted by molar-refractivity contribution is 0.873. The smallest absolute Gasteiger partial charge is 0.133 e. The third-order valence-corrected chi connectivity index (χ3v) is 2.55. The second kappa shape index (κ2) is 6.33. The fraction of sp³-hybridized carbons (Fsp3) is 0.364. The van der Waals surface area contributed by atoms with E-state index in [1.165, 1.54) is 17.4 Å². The molecule has 1 aromatic carbocycles. The van der Waals surface area contributed by atoms with Gasteiger partial charge in [0.05, 0.1) is 0 Å². The zero-order valence-electron chi connectivity index (χ0n) is 8.31. The Morgan fingerprint density at radius 3 is 2.64 bits per heavy atom. The maximum absolute atomic E-state index is 8.42. The van der Waals surface area contributed by atoms with Gasteiger partial charge in [0, 0.05) is 24.5 Å². The molecule has 0 N–H and O–H groups in total. The van der Waals surface area contributed by atoms with Crippen LogP contribution in [0.4, 0.5) is 5.69 Å². The van der Waals surface area contributed by atoms with Crippen molar-refractivity contribution in [2.45, 2.75) is 6.92 Å². The maximum Gasteiger partial charge on any atom is 0.133 e. The SMILES string of the molecule is CCN(CCSC#N)c1ccccc1. The van der Waals surface area contributed by atoms with Crippen LogP contribution in [0.3, 0.4) is 0 Å². The molecule has 0 aromatic heterocycles. The van der Waals surface area contributed by atoms with E-state index in [2.05, 4.69) is 29.4 Å². The summed E-state index contributed by atoms with van der Waals surface area (Å²) in [6, 6.07) is 10.3. The Labute approximate surface area is 89.5 Å². The molecule has 1 aromatic rings. The van der Waals surface area contributed by atoms with E-state index in [1.807, 2.05) is 18.2 Å². The molecule has 0 saturated carbocycles. The Kier molecular flexibility index (Phi) is 4.95. The summed E-state index contributed by atoms with van der Waals surface area (Å²) in [5.74, 6) is 0.860. The molecule has 0 amide bonds. The van der Waals surface area contributed by atoms with Gasteiger partial charge in [0.25, 0.3) is 0 Å². The molecule has 0 unspecified atom stereocenters. The monoisotopic (exact) mass is 206 g/mol. The van der Waals surface area contributed by atoms with Crippen LogP contribution >= 0.6 is 11.8 Å². The second-order valence-electron chi connectivity index (χ2n) is 2.85. The minimum Gasteiger partial charge on any atom is -0.371 e. The highest BCUT2D eigenvalue weighted by Crippen LogP contribution is 2.13. The quantitative estimate of drug-likeness (QED) is 0.547. The highest BCUT2D eigenvalue weighted by Gasteiger charge is 2.01. The third-order valence-electron chi connectivity index (χ3n) is 2.03. The van der Waals surface area contributed by atoms with Gasteiger partial charge < -0.3 is 4.90 Å². The van der Waals surface area contributed by atoms with E-state index in [1.54, 1.807) is 0 Å². The molecule has 0 heterocycles. The molecule has 3 heteroatoms. The van der Waals surface area contributed by atoms with Crippen LogP contribution in [0.5, 0.6) is 0 Å². The molecule has 0 aliphatic rings. The first kappa shape index (κ1) is 10.9. The fourth-order valence-corrected chi connectivity index (χ4v) is 1.71. The van der Waals surface area contributed by atoms with Crippen LogP contribution in [0.2, 0.25) is 0 Å². The summed E-state index contributed by atoms with van der Waals surface area (Å²) in [4.78, 5) is 2.27. The molecule has 14 heavy (non-hydrogen) atoms. The number of benzene rings is 1. The van der Waals surface area contributed by atoms with Gasteiger partial charge in [0.2, 0.25) is 0 Å². The van der Waals surface area contributed by atoms with E-state index in [0.29, 0.717) is 0 Å². The highest BCUT2D eigenvalue weighted by molar-refractivity contribution is 8.03. The maximum atomic E-state index is 8.42. The number of hydrogen-bond donors (Lipinski definition) is 0. The minimum atomic E-state index is 0.860. The summed E-state index contributed by atoms with van der Waals surface area (Å²) < 4.78 is 0. The number of nitrogens with zero attached hydrogens (tertiary/aromatic N) is 2. The van der Waals surface area contributed by atoms with Crippen molar-refractivity contribution in [3.8, 4) is 5.40 Å². The molecule has 0 aliphatic carbocycles. The van der Waals surface area contributed by atoms with Gasteiger partial charge in [-0.3, -0.25) is 0 Å². The van der Waals surface area contributed by atoms with Gasteiger partial charge in [-0.25, -0.2) is 0 Å². The summed E-state index contributed by atoms with van der Waals surface area (Å²) in [6.45, 7) is 4.04. The first-order valence-electron chi connectivity index (χ1n) is 4.69. The average molecular weight is 206 g/mol. The number of hydrogen-bond acceptors (Lipinski definition) is 3. The number of nitriles is 1. The van der Waals surface area contributed by atoms with Crippen LogP contribution in [0.15, 0.2) is 30.3 Å². The van der Waals surface area contributed by atoms with Crippen molar-refractivity contribution in [1.29, 1.82) is 5.26 Å². The van der Waals surface area contributed by atoms with Gasteiger partial charge >= 0.3 is 0 Å². The van der Waals surface area contributed by atoms with Crippen LogP contribution in [-0.4, -0.2) is 18.8 Å². The van der Waals surface area contributed by atoms with E-state index < -0.39 is 0 Å². The van der Waals surface area contributed by atoms with Crippen molar-refractivity contribution in [3.63, 3.8) is 0 Å². The number of thioether (sulfide) groups is 1. The van der Waals surface area contributed by atoms with Gasteiger partial charge in [-0.15, -0.1) is 0 Å².